The van der Waals surface area contributed by atoms with Crippen LogP contribution in [-0.4, -0.2) is 5.91 Å². The van der Waals surface area contributed by atoms with Crippen LogP contribution in [0.4, 0.5) is 5.69 Å². The number of hydrogen-bond donors (Lipinski definition) is 1. The molecule has 1 heterocycles. The molecule has 3 nitrogen and oxygen atoms in total. The number of hydrogen-bond acceptors (Lipinski definition) is 3. The lowest BCUT2D eigenvalue weighted by molar-refractivity contribution is -0.112. The summed E-state index contributed by atoms with van der Waals surface area (Å²) in [5.74, 6) is -0.387. The first-order valence-corrected chi connectivity index (χ1v) is 6.60. The quantitative estimate of drug-likeness (QED) is 0.683. The highest BCUT2D eigenvalue weighted by molar-refractivity contribution is 7.10. The fraction of sp³-hybridized carbons (Fsp3) is 0.0667. The lowest BCUT2D eigenvalue weighted by atomic mass is 10.2. The van der Waals surface area contributed by atoms with Crippen molar-refractivity contribution in [2.45, 2.75) is 6.92 Å². The summed E-state index contributed by atoms with van der Waals surface area (Å²) in [5.41, 5.74) is 1.85. The van der Waals surface area contributed by atoms with Crippen molar-refractivity contribution in [3.8, 4) is 6.07 Å². The predicted octanol–water partition coefficient (Wildman–Crippen LogP) is 3.60. The van der Waals surface area contributed by atoms with E-state index in [1.54, 1.807) is 12.1 Å². The van der Waals surface area contributed by atoms with Crippen molar-refractivity contribution in [2.24, 2.45) is 0 Å². The smallest absolute Gasteiger partial charge is 0.266 e. The van der Waals surface area contributed by atoms with Gasteiger partial charge in [-0.3, -0.25) is 4.79 Å². The fourth-order valence-corrected chi connectivity index (χ4v) is 2.24. The average Bonchev–Trinajstić information content (AvgIpc) is 2.88. The largest absolute Gasteiger partial charge is 0.321 e. The highest BCUT2D eigenvalue weighted by Gasteiger charge is 2.09. The van der Waals surface area contributed by atoms with Crippen molar-refractivity contribution in [3.63, 3.8) is 0 Å². The third kappa shape index (κ3) is 3.54. The van der Waals surface area contributed by atoms with Crippen LogP contribution >= 0.6 is 11.3 Å². The summed E-state index contributed by atoms with van der Waals surface area (Å²) in [6, 6.07) is 13.1. The molecule has 0 aliphatic carbocycles. The van der Waals surface area contributed by atoms with Gasteiger partial charge in [0.25, 0.3) is 5.91 Å². The van der Waals surface area contributed by atoms with Gasteiger partial charge in [-0.2, -0.15) is 5.26 Å². The molecule has 1 amide bonds. The van der Waals surface area contributed by atoms with Crippen LogP contribution in [0.2, 0.25) is 0 Å². The van der Waals surface area contributed by atoms with Gasteiger partial charge in [0.2, 0.25) is 0 Å². The van der Waals surface area contributed by atoms with E-state index < -0.39 is 0 Å². The fourth-order valence-electron chi connectivity index (χ4n) is 1.59. The number of benzene rings is 1. The molecular formula is C15H12N2OS. The number of anilines is 1. The summed E-state index contributed by atoms with van der Waals surface area (Å²) in [5, 5.41) is 13.7. The van der Waals surface area contributed by atoms with Gasteiger partial charge in [0.15, 0.2) is 0 Å². The van der Waals surface area contributed by atoms with Crippen molar-refractivity contribution in [1.29, 1.82) is 5.26 Å². The normalized spacial score (nSPS) is 10.8. The highest BCUT2D eigenvalue weighted by atomic mass is 32.1. The molecule has 0 atom stereocenters. The monoisotopic (exact) mass is 268 g/mol. The van der Waals surface area contributed by atoms with Gasteiger partial charge in [-0.05, 0) is 42.1 Å². The first-order valence-electron chi connectivity index (χ1n) is 5.72. The molecule has 0 spiro atoms. The van der Waals surface area contributed by atoms with Gasteiger partial charge in [-0.1, -0.05) is 18.2 Å². The van der Waals surface area contributed by atoms with Crippen LogP contribution in [0.25, 0.3) is 6.08 Å². The Kier molecular flexibility index (Phi) is 4.11. The van der Waals surface area contributed by atoms with E-state index in [2.05, 4.69) is 5.32 Å². The number of thiophene rings is 1. The Morgan fingerprint density at radius 3 is 2.84 bits per heavy atom. The molecule has 2 rings (SSSR count). The summed E-state index contributed by atoms with van der Waals surface area (Å²) in [7, 11) is 0. The summed E-state index contributed by atoms with van der Waals surface area (Å²) in [6.07, 6.45) is 1.59. The number of rotatable bonds is 3. The van der Waals surface area contributed by atoms with Gasteiger partial charge < -0.3 is 5.32 Å². The van der Waals surface area contributed by atoms with Crippen LogP contribution in [0.3, 0.4) is 0 Å². The first-order chi connectivity index (χ1) is 9.19. The van der Waals surface area contributed by atoms with Crippen molar-refractivity contribution >= 4 is 29.0 Å². The van der Waals surface area contributed by atoms with Gasteiger partial charge in [0.1, 0.15) is 11.6 Å². The molecule has 1 N–H and O–H groups in total. The zero-order chi connectivity index (χ0) is 13.7. The summed E-state index contributed by atoms with van der Waals surface area (Å²) in [6.45, 7) is 1.95. The third-order valence-corrected chi connectivity index (χ3v) is 3.29. The van der Waals surface area contributed by atoms with Crippen molar-refractivity contribution in [2.75, 3.05) is 5.32 Å². The molecule has 0 radical (unpaired) electrons. The summed E-state index contributed by atoms with van der Waals surface area (Å²) >= 11 is 1.49. The van der Waals surface area contributed by atoms with E-state index >= 15 is 0 Å². The van der Waals surface area contributed by atoms with E-state index in [9.17, 15) is 4.79 Å². The third-order valence-electron chi connectivity index (χ3n) is 2.47. The van der Waals surface area contributed by atoms with Gasteiger partial charge in [-0.25, -0.2) is 0 Å². The number of carbonyl (C=O) groups excluding carboxylic acids is 1. The Morgan fingerprint density at radius 1 is 1.37 bits per heavy atom. The van der Waals surface area contributed by atoms with E-state index in [4.69, 9.17) is 5.26 Å². The Hall–Kier alpha value is -2.38. The Balaban J connectivity index is 2.17. The van der Waals surface area contributed by atoms with E-state index in [0.717, 1.165) is 10.4 Å². The number of carbonyl (C=O) groups is 1. The lowest BCUT2D eigenvalue weighted by Gasteiger charge is -2.04. The van der Waals surface area contributed by atoms with Gasteiger partial charge in [0, 0.05) is 10.6 Å². The van der Waals surface area contributed by atoms with E-state index in [-0.39, 0.29) is 11.5 Å². The van der Waals surface area contributed by atoms with Crippen LogP contribution in [-0.2, 0) is 4.79 Å². The van der Waals surface area contributed by atoms with E-state index in [1.807, 2.05) is 48.7 Å². The standard InChI is InChI=1S/C15H12N2OS/c1-11-4-2-5-13(8-11)17-15(18)12(10-16)9-14-6-3-7-19-14/h2-9H,1H3,(H,17,18)/b12-9-. The number of nitrogens with zero attached hydrogens (tertiary/aromatic N) is 1. The van der Waals surface area contributed by atoms with Gasteiger partial charge in [-0.15, -0.1) is 11.3 Å². The second-order valence-corrected chi connectivity index (χ2v) is 4.99. The molecule has 2 aromatic rings. The van der Waals surface area contributed by atoms with Crippen LogP contribution in [0.1, 0.15) is 10.4 Å². The lowest BCUT2D eigenvalue weighted by Crippen LogP contribution is -2.13. The maximum Gasteiger partial charge on any atom is 0.266 e. The molecule has 1 aromatic carbocycles. The molecular weight excluding hydrogens is 256 g/mol. The Bertz CT molecular complexity index is 651. The highest BCUT2D eigenvalue weighted by Crippen LogP contribution is 2.15. The molecule has 0 unspecified atom stereocenters. The molecule has 19 heavy (non-hydrogen) atoms. The van der Waals surface area contributed by atoms with Crippen LogP contribution in [0, 0.1) is 18.3 Å². The van der Waals surface area contributed by atoms with Gasteiger partial charge in [0.05, 0.1) is 0 Å². The Morgan fingerprint density at radius 2 is 2.21 bits per heavy atom. The van der Waals surface area contributed by atoms with Crippen molar-refractivity contribution < 1.29 is 4.79 Å². The summed E-state index contributed by atoms with van der Waals surface area (Å²) < 4.78 is 0. The van der Waals surface area contributed by atoms with Gasteiger partial charge >= 0.3 is 0 Å². The van der Waals surface area contributed by atoms with Crippen molar-refractivity contribution in [3.05, 3.63) is 57.8 Å². The minimum absolute atomic E-state index is 0.101. The molecule has 1 aromatic heterocycles. The van der Waals surface area contributed by atoms with Crippen LogP contribution in [0.5, 0.6) is 0 Å². The molecule has 0 fully saturated rings. The number of amides is 1. The average molecular weight is 268 g/mol. The first kappa shape index (κ1) is 13.1. The maximum absolute atomic E-state index is 12.0. The predicted molar refractivity (Wildman–Crippen MR) is 77.7 cm³/mol. The minimum atomic E-state index is -0.387. The number of aryl methyl sites for hydroxylation is 1. The second-order valence-electron chi connectivity index (χ2n) is 4.01. The SMILES string of the molecule is Cc1cccc(NC(=O)/C(C#N)=C\c2cccs2)c1. The van der Waals surface area contributed by atoms with E-state index in [1.165, 1.54) is 11.3 Å². The van der Waals surface area contributed by atoms with E-state index in [0.29, 0.717) is 5.69 Å². The molecule has 94 valence electrons. The minimum Gasteiger partial charge on any atom is -0.321 e. The number of nitriles is 1. The number of nitrogens with one attached hydrogen (secondary N) is 1. The molecule has 0 aliphatic rings. The zero-order valence-electron chi connectivity index (χ0n) is 10.4. The summed E-state index contributed by atoms with van der Waals surface area (Å²) in [4.78, 5) is 12.9. The Labute approximate surface area is 115 Å². The molecule has 0 saturated heterocycles. The maximum atomic E-state index is 12.0. The zero-order valence-corrected chi connectivity index (χ0v) is 11.2. The second kappa shape index (κ2) is 5.98. The molecule has 0 saturated carbocycles. The van der Waals surface area contributed by atoms with Crippen molar-refractivity contribution in [1.82, 2.24) is 0 Å². The topological polar surface area (TPSA) is 52.9 Å². The molecule has 4 heteroatoms. The molecule has 0 aliphatic heterocycles. The van der Waals surface area contributed by atoms with Crippen LogP contribution in [0.15, 0.2) is 47.4 Å². The van der Waals surface area contributed by atoms with Crippen LogP contribution < -0.4 is 5.32 Å². The molecule has 0 bridgehead atoms.